The number of urea groups is 1. The summed E-state index contributed by atoms with van der Waals surface area (Å²) in [6.45, 7) is 15.1. The normalized spacial score (nSPS) is 14.4. The maximum absolute atomic E-state index is 13.2. The van der Waals surface area contributed by atoms with Gasteiger partial charge in [-0.1, -0.05) is 76.2 Å². The van der Waals surface area contributed by atoms with E-state index in [9.17, 15) is 9.59 Å². The summed E-state index contributed by atoms with van der Waals surface area (Å²) in [5.41, 5.74) is 4.30. The molecule has 0 atom stereocenters. The van der Waals surface area contributed by atoms with Crippen LogP contribution < -0.4 is 10.1 Å². The van der Waals surface area contributed by atoms with E-state index in [1.165, 1.54) is 11.1 Å². The van der Waals surface area contributed by atoms with E-state index in [1.807, 2.05) is 46.2 Å². The molecule has 206 valence electrons. The Kier molecular flexibility index (Phi) is 10.8. The van der Waals surface area contributed by atoms with Crippen LogP contribution in [0.4, 0.5) is 10.5 Å². The largest absolute Gasteiger partial charge is 0.496 e. The number of hydrogen-bond acceptors (Lipinski definition) is 4. The topological polar surface area (TPSA) is 65.1 Å². The van der Waals surface area contributed by atoms with Gasteiger partial charge >= 0.3 is 6.03 Å². The maximum Gasteiger partial charge on any atom is 0.321 e. The van der Waals surface area contributed by atoms with Gasteiger partial charge < -0.3 is 19.9 Å². The fourth-order valence-electron chi connectivity index (χ4n) is 4.81. The third-order valence-corrected chi connectivity index (χ3v) is 7.16. The Bertz CT molecular complexity index is 1080. The first-order valence-corrected chi connectivity index (χ1v) is 13.7. The lowest BCUT2D eigenvalue weighted by molar-refractivity contribution is -0.128. The second-order valence-electron chi connectivity index (χ2n) is 10.5. The van der Waals surface area contributed by atoms with Crippen LogP contribution in [0.15, 0.2) is 48.5 Å². The lowest BCUT2D eigenvalue weighted by atomic mass is 9.93. The molecule has 1 fully saturated rings. The summed E-state index contributed by atoms with van der Waals surface area (Å²) in [6.07, 6.45) is 4.00. The zero-order valence-corrected chi connectivity index (χ0v) is 23.9. The van der Waals surface area contributed by atoms with Gasteiger partial charge in [-0.2, -0.15) is 0 Å². The van der Waals surface area contributed by atoms with Crippen LogP contribution >= 0.6 is 0 Å². The molecular formula is C31H44N4O3. The molecule has 1 N–H and O–H groups in total. The Morgan fingerprint density at radius 1 is 0.974 bits per heavy atom. The highest BCUT2D eigenvalue weighted by molar-refractivity contribution is 5.91. The molecule has 1 aliphatic rings. The lowest BCUT2D eigenvalue weighted by Gasteiger charge is -2.36. The standard InChI is InChI=1S/C31H44N4O3/c1-23(2)27-13-9-14-28(24(3)4)30(27)32-31(37)35-21-18-33(19-22-35)17-20-34(25(5)36)16-10-12-26-11-7-8-15-29(26)38-6/h7-15,23-24H,16-22H2,1-6H3,(H,32,37)/b12-10+. The average Bonchev–Trinajstić information content (AvgIpc) is 2.90. The van der Waals surface area contributed by atoms with Crippen molar-refractivity contribution < 1.29 is 14.3 Å². The van der Waals surface area contributed by atoms with Crippen LogP contribution in [-0.4, -0.2) is 79.6 Å². The van der Waals surface area contributed by atoms with Gasteiger partial charge in [0.2, 0.25) is 5.91 Å². The van der Waals surface area contributed by atoms with E-state index in [4.69, 9.17) is 4.74 Å². The van der Waals surface area contributed by atoms with Gasteiger partial charge in [-0.05, 0) is 29.0 Å². The number of carbonyl (C=O) groups excluding carboxylic acids is 2. The summed E-state index contributed by atoms with van der Waals surface area (Å²) >= 11 is 0. The van der Waals surface area contributed by atoms with E-state index >= 15 is 0 Å². The first-order valence-electron chi connectivity index (χ1n) is 13.7. The lowest BCUT2D eigenvalue weighted by Crippen LogP contribution is -2.51. The Balaban J connectivity index is 1.51. The highest BCUT2D eigenvalue weighted by Gasteiger charge is 2.24. The van der Waals surface area contributed by atoms with Crippen LogP contribution in [0.5, 0.6) is 5.75 Å². The minimum Gasteiger partial charge on any atom is -0.496 e. The Hall–Kier alpha value is -3.32. The Labute approximate surface area is 228 Å². The fourth-order valence-corrected chi connectivity index (χ4v) is 4.81. The number of rotatable bonds is 10. The molecule has 0 bridgehead atoms. The van der Waals surface area contributed by atoms with Gasteiger partial charge in [-0.25, -0.2) is 4.79 Å². The van der Waals surface area contributed by atoms with Crippen molar-refractivity contribution in [2.75, 3.05) is 58.2 Å². The van der Waals surface area contributed by atoms with E-state index in [0.29, 0.717) is 38.0 Å². The van der Waals surface area contributed by atoms with Crippen molar-refractivity contribution in [3.8, 4) is 5.75 Å². The number of amides is 3. The monoisotopic (exact) mass is 520 g/mol. The molecule has 1 heterocycles. The van der Waals surface area contributed by atoms with Crippen molar-refractivity contribution in [2.24, 2.45) is 0 Å². The molecule has 0 saturated carbocycles. The predicted octanol–water partition coefficient (Wildman–Crippen LogP) is 5.65. The van der Waals surface area contributed by atoms with Crippen LogP contribution in [0.1, 0.15) is 63.1 Å². The molecule has 0 aromatic heterocycles. The number of ether oxygens (including phenoxy) is 1. The van der Waals surface area contributed by atoms with Crippen LogP contribution in [0, 0.1) is 0 Å². The highest BCUT2D eigenvalue weighted by atomic mass is 16.5. The molecule has 0 aliphatic carbocycles. The number of nitrogens with zero attached hydrogens (tertiary/aromatic N) is 3. The Morgan fingerprint density at radius 2 is 1.61 bits per heavy atom. The molecule has 7 nitrogen and oxygen atoms in total. The third-order valence-electron chi connectivity index (χ3n) is 7.16. The van der Waals surface area contributed by atoms with Crippen LogP contribution in [0.3, 0.4) is 0 Å². The van der Waals surface area contributed by atoms with Gasteiger partial charge in [-0.15, -0.1) is 0 Å². The van der Waals surface area contributed by atoms with Gasteiger partial charge in [0.25, 0.3) is 0 Å². The first kappa shape index (κ1) is 29.2. The zero-order chi connectivity index (χ0) is 27.7. The summed E-state index contributed by atoms with van der Waals surface area (Å²) in [6, 6.07) is 14.1. The van der Waals surface area contributed by atoms with Crippen molar-refractivity contribution in [1.82, 2.24) is 14.7 Å². The number of carbonyl (C=O) groups is 2. The van der Waals surface area contributed by atoms with Gasteiger partial charge in [0.05, 0.1) is 7.11 Å². The predicted molar refractivity (Wildman–Crippen MR) is 156 cm³/mol. The molecule has 0 radical (unpaired) electrons. The van der Waals surface area contributed by atoms with Gasteiger partial charge in [0.1, 0.15) is 5.75 Å². The number of para-hydroxylation sites is 2. The molecule has 0 spiro atoms. The first-order chi connectivity index (χ1) is 18.2. The quantitative estimate of drug-likeness (QED) is 0.440. The molecule has 1 saturated heterocycles. The third kappa shape index (κ3) is 7.84. The van der Waals surface area contributed by atoms with E-state index < -0.39 is 0 Å². The van der Waals surface area contributed by atoms with Gasteiger partial charge in [-0.3, -0.25) is 9.69 Å². The number of anilines is 1. The van der Waals surface area contributed by atoms with Crippen molar-refractivity contribution in [3.63, 3.8) is 0 Å². The van der Waals surface area contributed by atoms with E-state index in [2.05, 4.69) is 56.1 Å². The summed E-state index contributed by atoms with van der Waals surface area (Å²) in [7, 11) is 1.66. The summed E-state index contributed by atoms with van der Waals surface area (Å²) in [5.74, 6) is 1.52. The van der Waals surface area contributed by atoms with Crippen LogP contribution in [-0.2, 0) is 4.79 Å². The average molecular weight is 521 g/mol. The van der Waals surface area contributed by atoms with Gasteiger partial charge in [0, 0.05) is 64.0 Å². The number of methoxy groups -OCH3 is 1. The fraction of sp³-hybridized carbons (Fsp3) is 0.484. The second-order valence-corrected chi connectivity index (χ2v) is 10.5. The van der Waals surface area contributed by atoms with Crippen molar-refractivity contribution >= 4 is 23.7 Å². The van der Waals surface area contributed by atoms with Gasteiger partial charge in [0.15, 0.2) is 0 Å². The number of benzene rings is 2. The molecule has 2 aromatic rings. The van der Waals surface area contributed by atoms with Crippen molar-refractivity contribution in [1.29, 1.82) is 0 Å². The van der Waals surface area contributed by atoms with E-state index in [0.717, 1.165) is 36.6 Å². The maximum atomic E-state index is 13.2. The minimum atomic E-state index is -0.0357. The molecule has 0 unspecified atom stereocenters. The van der Waals surface area contributed by atoms with E-state index in [1.54, 1.807) is 14.0 Å². The number of piperazine rings is 1. The minimum absolute atomic E-state index is 0.0357. The summed E-state index contributed by atoms with van der Waals surface area (Å²) in [4.78, 5) is 31.5. The molecule has 1 aliphatic heterocycles. The molecule has 38 heavy (non-hydrogen) atoms. The smallest absolute Gasteiger partial charge is 0.321 e. The number of nitrogens with one attached hydrogen (secondary N) is 1. The highest BCUT2D eigenvalue weighted by Crippen LogP contribution is 2.32. The molecule has 3 amide bonds. The summed E-state index contributed by atoms with van der Waals surface area (Å²) in [5, 5.41) is 3.24. The Morgan fingerprint density at radius 3 is 2.18 bits per heavy atom. The van der Waals surface area contributed by atoms with Crippen LogP contribution in [0.25, 0.3) is 6.08 Å². The molecule has 7 heteroatoms. The molecule has 2 aromatic carbocycles. The van der Waals surface area contributed by atoms with Crippen molar-refractivity contribution in [3.05, 3.63) is 65.2 Å². The second kappa shape index (κ2) is 14.0. The SMILES string of the molecule is COc1ccccc1/C=C/CN(CCN1CCN(C(=O)Nc2c(C(C)C)cccc2C(C)C)CC1)C(C)=O. The molecular weight excluding hydrogens is 476 g/mol. The number of hydrogen-bond donors (Lipinski definition) is 1. The zero-order valence-electron chi connectivity index (χ0n) is 23.9. The summed E-state index contributed by atoms with van der Waals surface area (Å²) < 4.78 is 5.40. The molecule has 3 rings (SSSR count). The van der Waals surface area contributed by atoms with Crippen LogP contribution in [0.2, 0.25) is 0 Å². The van der Waals surface area contributed by atoms with E-state index in [-0.39, 0.29) is 11.9 Å². The van der Waals surface area contributed by atoms with Crippen molar-refractivity contribution in [2.45, 2.75) is 46.5 Å².